The molecule has 1 heterocycles. The Kier molecular flexibility index (Phi) is 4.45. The third-order valence-corrected chi connectivity index (χ3v) is 4.05. The van der Waals surface area contributed by atoms with Gasteiger partial charge in [-0.15, -0.1) is 11.8 Å². The predicted molar refractivity (Wildman–Crippen MR) is 69.3 cm³/mol. The van der Waals surface area contributed by atoms with E-state index >= 15 is 0 Å². The molecule has 0 saturated heterocycles. The second-order valence-electron chi connectivity index (χ2n) is 4.15. The van der Waals surface area contributed by atoms with Crippen LogP contribution in [0.4, 0.5) is 0 Å². The number of aryl methyl sites for hydroxylation is 1. The molecule has 92 valence electrons. The van der Waals surface area contributed by atoms with Gasteiger partial charge in [0.2, 0.25) is 5.91 Å². The molecule has 4 heteroatoms. The van der Waals surface area contributed by atoms with Gasteiger partial charge in [-0.25, -0.2) is 0 Å². The fourth-order valence-corrected chi connectivity index (χ4v) is 2.99. The summed E-state index contributed by atoms with van der Waals surface area (Å²) in [7, 11) is 0. The molecule has 0 fully saturated rings. The zero-order chi connectivity index (χ0) is 12.1. The number of amides is 1. The number of carbonyl (C=O) groups excluding carboxylic acids is 1. The standard InChI is InChI=1S/C13H17NO2S/c15-9-13(16)14-6-5-10-3-4-12-11(8-10)2-1-7-17-12/h3-4,8,15H,1-2,5-7,9H2,(H,14,16). The van der Waals surface area contributed by atoms with Crippen molar-refractivity contribution in [3.05, 3.63) is 29.3 Å². The zero-order valence-electron chi connectivity index (χ0n) is 9.74. The molecule has 2 rings (SSSR count). The highest BCUT2D eigenvalue weighted by atomic mass is 32.2. The van der Waals surface area contributed by atoms with Crippen LogP contribution in [0.3, 0.4) is 0 Å². The lowest BCUT2D eigenvalue weighted by Gasteiger charge is -2.16. The van der Waals surface area contributed by atoms with E-state index < -0.39 is 6.61 Å². The van der Waals surface area contributed by atoms with Gasteiger partial charge in [0.25, 0.3) is 0 Å². The maximum absolute atomic E-state index is 10.9. The van der Waals surface area contributed by atoms with Crippen molar-refractivity contribution in [3.8, 4) is 0 Å². The van der Waals surface area contributed by atoms with E-state index in [1.165, 1.54) is 34.6 Å². The smallest absolute Gasteiger partial charge is 0.245 e. The molecule has 1 aromatic carbocycles. The summed E-state index contributed by atoms with van der Waals surface area (Å²) in [5.74, 6) is 0.914. The molecule has 17 heavy (non-hydrogen) atoms. The van der Waals surface area contributed by atoms with E-state index in [1.54, 1.807) is 0 Å². The Bertz CT molecular complexity index is 406. The molecular weight excluding hydrogens is 234 g/mol. The van der Waals surface area contributed by atoms with E-state index in [0.717, 1.165) is 6.42 Å². The lowest BCUT2D eigenvalue weighted by Crippen LogP contribution is -2.28. The average molecular weight is 251 g/mol. The van der Waals surface area contributed by atoms with Gasteiger partial charge in [-0.05, 0) is 42.2 Å². The number of hydrogen-bond donors (Lipinski definition) is 2. The molecule has 1 aliphatic heterocycles. The van der Waals surface area contributed by atoms with E-state index in [1.807, 2.05) is 11.8 Å². The van der Waals surface area contributed by atoms with Crippen LogP contribution >= 0.6 is 11.8 Å². The maximum Gasteiger partial charge on any atom is 0.245 e. The highest BCUT2D eigenvalue weighted by molar-refractivity contribution is 7.99. The van der Waals surface area contributed by atoms with E-state index in [9.17, 15) is 4.79 Å². The first-order chi connectivity index (χ1) is 8.29. The molecule has 0 radical (unpaired) electrons. The Labute approximate surface area is 106 Å². The lowest BCUT2D eigenvalue weighted by molar-refractivity contribution is -0.123. The first-order valence-corrected chi connectivity index (χ1v) is 6.90. The van der Waals surface area contributed by atoms with Crippen LogP contribution in [0.15, 0.2) is 23.1 Å². The second-order valence-corrected chi connectivity index (χ2v) is 5.29. The van der Waals surface area contributed by atoms with Crippen LogP contribution in [0.25, 0.3) is 0 Å². The number of thioether (sulfide) groups is 1. The Hall–Kier alpha value is -1.00. The largest absolute Gasteiger partial charge is 0.387 e. The number of aliphatic hydroxyl groups is 1. The Morgan fingerprint density at radius 1 is 1.47 bits per heavy atom. The minimum atomic E-state index is -0.430. The average Bonchev–Trinajstić information content (AvgIpc) is 2.38. The fraction of sp³-hybridized carbons (Fsp3) is 0.462. The number of rotatable bonds is 4. The van der Waals surface area contributed by atoms with Crippen LogP contribution < -0.4 is 5.32 Å². The van der Waals surface area contributed by atoms with Crippen molar-refractivity contribution in [2.45, 2.75) is 24.2 Å². The van der Waals surface area contributed by atoms with Crippen LogP contribution in [0.1, 0.15) is 17.5 Å². The first-order valence-electron chi connectivity index (χ1n) is 5.92. The van der Waals surface area contributed by atoms with Crippen molar-refractivity contribution in [1.82, 2.24) is 5.32 Å². The Morgan fingerprint density at radius 2 is 2.35 bits per heavy atom. The van der Waals surface area contributed by atoms with Crippen molar-refractivity contribution in [1.29, 1.82) is 0 Å². The Morgan fingerprint density at radius 3 is 3.18 bits per heavy atom. The van der Waals surface area contributed by atoms with Crippen LogP contribution in [-0.4, -0.2) is 29.9 Å². The third kappa shape index (κ3) is 3.48. The van der Waals surface area contributed by atoms with Gasteiger partial charge in [0.05, 0.1) is 0 Å². The molecule has 1 aliphatic rings. The predicted octanol–water partition coefficient (Wildman–Crippen LogP) is 1.38. The van der Waals surface area contributed by atoms with Gasteiger partial charge in [-0.1, -0.05) is 12.1 Å². The summed E-state index contributed by atoms with van der Waals surface area (Å²) in [6.07, 6.45) is 3.24. The van der Waals surface area contributed by atoms with Crippen LogP contribution in [0.2, 0.25) is 0 Å². The molecule has 0 atom stereocenters. The van der Waals surface area contributed by atoms with Gasteiger partial charge in [-0.2, -0.15) is 0 Å². The summed E-state index contributed by atoms with van der Waals surface area (Å²) in [5, 5.41) is 11.2. The van der Waals surface area contributed by atoms with Crippen LogP contribution in [0, 0.1) is 0 Å². The number of benzene rings is 1. The topological polar surface area (TPSA) is 49.3 Å². The summed E-state index contributed by atoms with van der Waals surface area (Å²) in [6.45, 7) is 0.159. The highest BCUT2D eigenvalue weighted by Gasteiger charge is 2.09. The summed E-state index contributed by atoms with van der Waals surface area (Å²) in [4.78, 5) is 12.3. The summed E-state index contributed by atoms with van der Waals surface area (Å²) < 4.78 is 0. The normalized spacial score (nSPS) is 14.2. The molecule has 2 N–H and O–H groups in total. The summed E-state index contributed by atoms with van der Waals surface area (Å²) >= 11 is 1.93. The Balaban J connectivity index is 1.91. The highest BCUT2D eigenvalue weighted by Crippen LogP contribution is 2.30. The SMILES string of the molecule is O=C(CO)NCCc1ccc2c(c1)CCCS2. The molecule has 0 unspecified atom stereocenters. The fourth-order valence-electron chi connectivity index (χ4n) is 1.97. The zero-order valence-corrected chi connectivity index (χ0v) is 10.6. The van der Waals surface area contributed by atoms with Crippen molar-refractivity contribution < 1.29 is 9.90 Å². The van der Waals surface area contributed by atoms with E-state index in [-0.39, 0.29) is 5.91 Å². The van der Waals surface area contributed by atoms with Crippen LogP contribution in [-0.2, 0) is 17.6 Å². The molecule has 1 aromatic rings. The molecule has 0 aromatic heterocycles. The first kappa shape index (κ1) is 12.5. The van der Waals surface area contributed by atoms with Crippen molar-refractivity contribution in [2.24, 2.45) is 0 Å². The van der Waals surface area contributed by atoms with Gasteiger partial charge in [-0.3, -0.25) is 4.79 Å². The van der Waals surface area contributed by atoms with Gasteiger partial charge in [0, 0.05) is 11.4 Å². The van der Waals surface area contributed by atoms with E-state index in [2.05, 4.69) is 23.5 Å². The van der Waals surface area contributed by atoms with Crippen molar-refractivity contribution in [3.63, 3.8) is 0 Å². The number of nitrogens with one attached hydrogen (secondary N) is 1. The summed E-state index contributed by atoms with van der Waals surface area (Å²) in [6, 6.07) is 6.55. The van der Waals surface area contributed by atoms with Gasteiger partial charge < -0.3 is 10.4 Å². The molecule has 0 saturated carbocycles. The third-order valence-electron chi connectivity index (χ3n) is 2.85. The van der Waals surface area contributed by atoms with Gasteiger partial charge >= 0.3 is 0 Å². The van der Waals surface area contributed by atoms with Gasteiger partial charge in [0.15, 0.2) is 0 Å². The molecule has 0 aliphatic carbocycles. The monoisotopic (exact) mass is 251 g/mol. The molecule has 1 amide bonds. The number of aliphatic hydroxyl groups excluding tert-OH is 1. The summed E-state index contributed by atoms with van der Waals surface area (Å²) in [5.41, 5.74) is 2.69. The maximum atomic E-state index is 10.9. The van der Waals surface area contributed by atoms with E-state index in [4.69, 9.17) is 5.11 Å². The lowest BCUT2D eigenvalue weighted by atomic mass is 10.0. The van der Waals surface area contributed by atoms with Gasteiger partial charge in [0.1, 0.15) is 6.61 Å². The quantitative estimate of drug-likeness (QED) is 0.850. The molecule has 0 spiro atoms. The van der Waals surface area contributed by atoms with Crippen molar-refractivity contribution in [2.75, 3.05) is 18.9 Å². The number of hydrogen-bond acceptors (Lipinski definition) is 3. The minimum Gasteiger partial charge on any atom is -0.387 e. The molecule has 0 bridgehead atoms. The minimum absolute atomic E-state index is 0.307. The molecule has 3 nitrogen and oxygen atoms in total. The van der Waals surface area contributed by atoms with E-state index in [0.29, 0.717) is 6.54 Å². The number of carbonyl (C=O) groups is 1. The number of fused-ring (bicyclic) bond motifs is 1. The van der Waals surface area contributed by atoms with Crippen LogP contribution in [0.5, 0.6) is 0 Å². The molecular formula is C13H17NO2S. The van der Waals surface area contributed by atoms with Crippen molar-refractivity contribution >= 4 is 17.7 Å². The second kappa shape index (κ2) is 6.07.